The van der Waals surface area contributed by atoms with Gasteiger partial charge >= 0.3 is 0 Å². The van der Waals surface area contributed by atoms with Crippen LogP contribution in [0.2, 0.25) is 0 Å². The summed E-state index contributed by atoms with van der Waals surface area (Å²) in [5.41, 5.74) is 0.514. The molecule has 0 aromatic heterocycles. The van der Waals surface area contributed by atoms with Crippen molar-refractivity contribution in [2.45, 2.75) is 59.8 Å². The third-order valence-electron chi connectivity index (χ3n) is 3.39. The van der Waals surface area contributed by atoms with E-state index in [2.05, 4.69) is 40.1 Å². The van der Waals surface area contributed by atoms with Crippen molar-refractivity contribution in [2.24, 2.45) is 11.3 Å². The normalized spacial score (nSPS) is 15.9. The van der Waals surface area contributed by atoms with Crippen molar-refractivity contribution in [3.8, 4) is 0 Å². The molecule has 0 radical (unpaired) electrons. The van der Waals surface area contributed by atoms with Gasteiger partial charge in [0, 0.05) is 6.54 Å². The lowest BCUT2D eigenvalue weighted by Crippen LogP contribution is -2.31. The molecule has 0 saturated heterocycles. The maximum absolute atomic E-state index is 3.35. The van der Waals surface area contributed by atoms with Crippen molar-refractivity contribution in [1.82, 2.24) is 5.32 Å². The van der Waals surface area contributed by atoms with Crippen LogP contribution in [0.1, 0.15) is 59.8 Å². The summed E-state index contributed by atoms with van der Waals surface area (Å²) >= 11 is 0. The topological polar surface area (TPSA) is 12.0 Å². The van der Waals surface area contributed by atoms with Crippen LogP contribution in [0.3, 0.4) is 0 Å². The van der Waals surface area contributed by atoms with Gasteiger partial charge in [0.2, 0.25) is 0 Å². The zero-order valence-electron chi connectivity index (χ0n) is 10.8. The van der Waals surface area contributed by atoms with E-state index in [1.165, 1.54) is 32.1 Å². The van der Waals surface area contributed by atoms with Crippen LogP contribution in [0, 0.1) is 11.3 Å². The third kappa shape index (κ3) is 4.99. The highest BCUT2D eigenvalue weighted by atomic mass is 14.8. The number of hydrogen-bond acceptors (Lipinski definition) is 1. The van der Waals surface area contributed by atoms with Gasteiger partial charge in [-0.1, -0.05) is 47.0 Å². The fourth-order valence-corrected chi connectivity index (χ4v) is 2.57. The maximum Gasteiger partial charge on any atom is 0.000226 e. The largest absolute Gasteiger partial charge is 0.319 e. The molecular weight excluding hydrogens is 170 g/mol. The van der Waals surface area contributed by atoms with Crippen molar-refractivity contribution >= 4 is 0 Å². The molecule has 0 aliphatic heterocycles. The SMILES string of the molecule is CCCC(C)(CNC)CC(CC)CC. The summed E-state index contributed by atoms with van der Waals surface area (Å²) in [6, 6.07) is 0. The molecule has 0 amide bonds. The third-order valence-corrected chi connectivity index (χ3v) is 3.39. The molecule has 0 heterocycles. The fourth-order valence-electron chi connectivity index (χ4n) is 2.57. The van der Waals surface area contributed by atoms with E-state index in [0.29, 0.717) is 5.41 Å². The Balaban J connectivity index is 4.17. The smallest absolute Gasteiger partial charge is 0.000226 e. The molecule has 0 spiro atoms. The molecule has 0 bridgehead atoms. The first-order valence-electron chi connectivity index (χ1n) is 6.26. The van der Waals surface area contributed by atoms with Crippen molar-refractivity contribution in [2.75, 3.05) is 13.6 Å². The summed E-state index contributed by atoms with van der Waals surface area (Å²) in [6.45, 7) is 10.5. The van der Waals surface area contributed by atoms with E-state index in [1.54, 1.807) is 0 Å². The highest BCUT2D eigenvalue weighted by molar-refractivity contribution is 4.78. The molecule has 0 rings (SSSR count). The molecule has 0 saturated carbocycles. The van der Waals surface area contributed by atoms with Crippen LogP contribution in [-0.4, -0.2) is 13.6 Å². The molecule has 1 heteroatoms. The molecule has 14 heavy (non-hydrogen) atoms. The minimum absolute atomic E-state index is 0.514. The van der Waals surface area contributed by atoms with Crippen LogP contribution in [0.4, 0.5) is 0 Å². The molecule has 0 fully saturated rings. The second kappa shape index (κ2) is 7.28. The molecule has 0 aliphatic carbocycles. The first kappa shape index (κ1) is 14.0. The van der Waals surface area contributed by atoms with Crippen LogP contribution in [0.15, 0.2) is 0 Å². The lowest BCUT2D eigenvalue weighted by atomic mass is 9.76. The summed E-state index contributed by atoms with van der Waals surface area (Å²) in [5.74, 6) is 0.917. The van der Waals surface area contributed by atoms with Gasteiger partial charge in [-0.3, -0.25) is 0 Å². The Bertz CT molecular complexity index is 121. The Kier molecular flexibility index (Phi) is 7.26. The summed E-state index contributed by atoms with van der Waals surface area (Å²) in [7, 11) is 2.07. The van der Waals surface area contributed by atoms with Crippen LogP contribution in [-0.2, 0) is 0 Å². The van der Waals surface area contributed by atoms with Gasteiger partial charge in [-0.05, 0) is 31.2 Å². The van der Waals surface area contributed by atoms with Gasteiger partial charge in [-0.25, -0.2) is 0 Å². The molecule has 0 aliphatic rings. The highest BCUT2D eigenvalue weighted by Gasteiger charge is 2.25. The van der Waals surface area contributed by atoms with Crippen LogP contribution in [0.5, 0.6) is 0 Å². The van der Waals surface area contributed by atoms with Crippen LogP contribution in [0.25, 0.3) is 0 Å². The van der Waals surface area contributed by atoms with Gasteiger partial charge in [-0.2, -0.15) is 0 Å². The van der Waals surface area contributed by atoms with Gasteiger partial charge in [0.05, 0.1) is 0 Å². The number of nitrogens with one attached hydrogen (secondary N) is 1. The molecule has 1 atom stereocenters. The zero-order chi connectivity index (χ0) is 11.0. The van der Waals surface area contributed by atoms with Crippen molar-refractivity contribution in [3.63, 3.8) is 0 Å². The van der Waals surface area contributed by atoms with E-state index in [4.69, 9.17) is 0 Å². The predicted molar refractivity (Wildman–Crippen MR) is 65.6 cm³/mol. The summed E-state index contributed by atoms with van der Waals surface area (Å²) in [5, 5.41) is 3.35. The Hall–Kier alpha value is -0.0400. The first-order valence-corrected chi connectivity index (χ1v) is 6.26. The minimum Gasteiger partial charge on any atom is -0.319 e. The Morgan fingerprint density at radius 1 is 1.14 bits per heavy atom. The quantitative estimate of drug-likeness (QED) is 0.626. The summed E-state index contributed by atoms with van der Waals surface area (Å²) < 4.78 is 0. The van der Waals surface area contributed by atoms with Gasteiger partial charge in [0.15, 0.2) is 0 Å². The van der Waals surface area contributed by atoms with E-state index in [1.807, 2.05) is 0 Å². The summed E-state index contributed by atoms with van der Waals surface area (Å²) in [6.07, 6.45) is 6.70. The average molecular weight is 199 g/mol. The first-order chi connectivity index (χ1) is 6.61. The lowest BCUT2D eigenvalue weighted by Gasteiger charge is -2.32. The fraction of sp³-hybridized carbons (Fsp3) is 1.00. The standard InChI is InChI=1S/C13H29N/c1-6-9-13(4,11-14-5)10-12(7-2)8-3/h12,14H,6-11H2,1-5H3. The molecule has 0 aromatic carbocycles. The van der Waals surface area contributed by atoms with Crippen LogP contribution >= 0.6 is 0 Å². The monoisotopic (exact) mass is 199 g/mol. The Labute approximate surface area is 90.7 Å². The van der Waals surface area contributed by atoms with Crippen LogP contribution < -0.4 is 5.32 Å². The predicted octanol–water partition coefficient (Wildman–Crippen LogP) is 3.84. The van der Waals surface area contributed by atoms with E-state index in [9.17, 15) is 0 Å². The van der Waals surface area contributed by atoms with Crippen molar-refractivity contribution < 1.29 is 0 Å². The number of hydrogen-bond donors (Lipinski definition) is 1. The lowest BCUT2D eigenvalue weighted by molar-refractivity contribution is 0.208. The maximum atomic E-state index is 3.35. The van der Waals surface area contributed by atoms with E-state index in [-0.39, 0.29) is 0 Å². The summed E-state index contributed by atoms with van der Waals surface area (Å²) in [4.78, 5) is 0. The van der Waals surface area contributed by atoms with Gasteiger partial charge in [0.25, 0.3) is 0 Å². The molecule has 86 valence electrons. The molecule has 1 N–H and O–H groups in total. The van der Waals surface area contributed by atoms with E-state index < -0.39 is 0 Å². The Morgan fingerprint density at radius 2 is 1.71 bits per heavy atom. The van der Waals surface area contributed by atoms with Gasteiger partial charge < -0.3 is 5.32 Å². The van der Waals surface area contributed by atoms with E-state index in [0.717, 1.165) is 12.5 Å². The van der Waals surface area contributed by atoms with Crippen molar-refractivity contribution in [3.05, 3.63) is 0 Å². The van der Waals surface area contributed by atoms with Crippen molar-refractivity contribution in [1.29, 1.82) is 0 Å². The van der Waals surface area contributed by atoms with Gasteiger partial charge in [-0.15, -0.1) is 0 Å². The number of rotatable bonds is 8. The second-order valence-corrected chi connectivity index (χ2v) is 4.98. The highest BCUT2D eigenvalue weighted by Crippen LogP contribution is 2.33. The van der Waals surface area contributed by atoms with Gasteiger partial charge in [0.1, 0.15) is 0 Å². The average Bonchev–Trinajstić information content (AvgIpc) is 2.15. The second-order valence-electron chi connectivity index (χ2n) is 4.98. The molecular formula is C13H29N. The molecule has 1 nitrogen and oxygen atoms in total. The molecule has 1 unspecified atom stereocenters. The zero-order valence-corrected chi connectivity index (χ0v) is 10.8. The minimum atomic E-state index is 0.514. The Morgan fingerprint density at radius 3 is 2.07 bits per heavy atom. The molecule has 0 aromatic rings. The van der Waals surface area contributed by atoms with E-state index >= 15 is 0 Å².